The largest absolute Gasteiger partial charge is 0.445 e. The Balaban J connectivity index is 1.55. The van der Waals surface area contributed by atoms with E-state index < -0.39 is 10.8 Å². The van der Waals surface area contributed by atoms with Crippen molar-refractivity contribution in [2.75, 3.05) is 19.3 Å². The smallest absolute Gasteiger partial charge is 0.410 e. The van der Waals surface area contributed by atoms with E-state index in [1.54, 1.807) is 11.2 Å². The summed E-state index contributed by atoms with van der Waals surface area (Å²) in [5, 5.41) is 0. The van der Waals surface area contributed by atoms with Gasteiger partial charge in [-0.05, 0) is 36.0 Å². The van der Waals surface area contributed by atoms with Crippen LogP contribution in [0.15, 0.2) is 59.5 Å². The van der Waals surface area contributed by atoms with Crippen molar-refractivity contribution >= 4 is 16.9 Å². The first-order valence-corrected chi connectivity index (χ1v) is 10.1. The van der Waals surface area contributed by atoms with Crippen LogP contribution in [-0.2, 0) is 22.1 Å². The molecule has 25 heavy (non-hydrogen) atoms. The van der Waals surface area contributed by atoms with Crippen LogP contribution in [0.25, 0.3) is 0 Å². The summed E-state index contributed by atoms with van der Waals surface area (Å²) in [6.07, 6.45) is 3.20. The lowest BCUT2D eigenvalue weighted by Crippen LogP contribution is -2.38. The number of nitrogens with zero attached hydrogens (tertiary/aromatic N) is 1. The van der Waals surface area contributed by atoms with Gasteiger partial charge < -0.3 is 9.64 Å². The number of likely N-dealkylation sites (tertiary alicyclic amines) is 1. The Labute approximate surface area is 151 Å². The average molecular weight is 357 g/mol. The van der Waals surface area contributed by atoms with E-state index in [1.807, 2.05) is 48.5 Å². The van der Waals surface area contributed by atoms with Crippen molar-refractivity contribution in [1.82, 2.24) is 4.90 Å². The lowest BCUT2D eigenvalue weighted by molar-refractivity contribution is 0.0869. The number of carbonyl (C=O) groups is 1. The molecule has 4 nitrogen and oxygen atoms in total. The molecular formula is C20H23NO3S. The Morgan fingerprint density at radius 2 is 1.72 bits per heavy atom. The molecule has 1 heterocycles. The van der Waals surface area contributed by atoms with Gasteiger partial charge in [0.2, 0.25) is 0 Å². The SMILES string of the molecule is C[S@@](=O)c1ccccc1C1CCN(C(=O)OCc2ccccc2)CC1. The summed E-state index contributed by atoms with van der Waals surface area (Å²) < 4.78 is 17.3. The Hall–Kier alpha value is -2.14. The van der Waals surface area contributed by atoms with Crippen molar-refractivity contribution in [3.8, 4) is 0 Å². The van der Waals surface area contributed by atoms with Gasteiger partial charge in [0.05, 0.1) is 10.8 Å². The predicted octanol–water partition coefficient (Wildman–Crippen LogP) is 3.94. The third-order valence-electron chi connectivity index (χ3n) is 4.63. The van der Waals surface area contributed by atoms with E-state index in [2.05, 4.69) is 6.07 Å². The van der Waals surface area contributed by atoms with E-state index in [9.17, 15) is 9.00 Å². The molecule has 1 fully saturated rings. The monoisotopic (exact) mass is 357 g/mol. The second kappa shape index (κ2) is 8.30. The molecule has 5 heteroatoms. The fourth-order valence-electron chi connectivity index (χ4n) is 3.26. The summed E-state index contributed by atoms with van der Waals surface area (Å²) in [5.74, 6) is 0.346. The van der Waals surface area contributed by atoms with Crippen molar-refractivity contribution < 1.29 is 13.7 Å². The van der Waals surface area contributed by atoms with Gasteiger partial charge in [-0.1, -0.05) is 48.5 Å². The number of carbonyl (C=O) groups excluding carboxylic acids is 1. The Kier molecular flexibility index (Phi) is 5.87. The topological polar surface area (TPSA) is 46.6 Å². The van der Waals surface area contributed by atoms with Crippen molar-refractivity contribution in [3.63, 3.8) is 0 Å². The molecule has 3 rings (SSSR count). The van der Waals surface area contributed by atoms with E-state index in [0.29, 0.717) is 25.6 Å². The number of hydrogen-bond donors (Lipinski definition) is 0. The molecule has 1 saturated heterocycles. The molecule has 0 bridgehead atoms. The fourth-order valence-corrected chi connectivity index (χ4v) is 4.10. The van der Waals surface area contributed by atoms with Crippen LogP contribution in [0.5, 0.6) is 0 Å². The highest BCUT2D eigenvalue weighted by Crippen LogP contribution is 2.31. The van der Waals surface area contributed by atoms with Crippen LogP contribution in [0.2, 0.25) is 0 Å². The molecule has 2 aromatic carbocycles. The van der Waals surface area contributed by atoms with E-state index in [-0.39, 0.29) is 6.09 Å². The summed E-state index contributed by atoms with van der Waals surface area (Å²) in [7, 11) is -0.989. The highest BCUT2D eigenvalue weighted by atomic mass is 32.2. The molecule has 0 spiro atoms. The lowest BCUT2D eigenvalue weighted by atomic mass is 9.89. The Morgan fingerprint density at radius 3 is 2.40 bits per heavy atom. The molecule has 1 aliphatic rings. The van der Waals surface area contributed by atoms with E-state index in [1.165, 1.54) is 0 Å². The molecule has 1 aliphatic heterocycles. The molecule has 0 aromatic heterocycles. The number of benzene rings is 2. The highest BCUT2D eigenvalue weighted by Gasteiger charge is 2.26. The molecule has 0 unspecified atom stereocenters. The average Bonchev–Trinajstić information content (AvgIpc) is 2.67. The zero-order chi connectivity index (χ0) is 17.6. The normalized spacial score (nSPS) is 16.4. The minimum absolute atomic E-state index is 0.255. The molecule has 2 aromatic rings. The first-order valence-electron chi connectivity index (χ1n) is 8.53. The number of piperidine rings is 1. The molecule has 0 N–H and O–H groups in total. The van der Waals surface area contributed by atoms with Gasteiger partial charge in [0.1, 0.15) is 6.61 Å². The zero-order valence-corrected chi connectivity index (χ0v) is 15.2. The molecule has 0 aliphatic carbocycles. The van der Waals surface area contributed by atoms with Crippen LogP contribution in [0, 0.1) is 0 Å². The van der Waals surface area contributed by atoms with Gasteiger partial charge in [-0.3, -0.25) is 4.21 Å². The molecule has 0 saturated carbocycles. The van der Waals surface area contributed by atoms with Crippen molar-refractivity contribution in [3.05, 3.63) is 65.7 Å². The third kappa shape index (κ3) is 4.48. The third-order valence-corrected chi connectivity index (χ3v) is 5.62. The van der Waals surface area contributed by atoms with E-state index in [4.69, 9.17) is 4.74 Å². The fraction of sp³-hybridized carbons (Fsp3) is 0.350. The minimum Gasteiger partial charge on any atom is -0.445 e. The Bertz CT molecular complexity index is 740. The second-order valence-electron chi connectivity index (χ2n) is 6.29. The van der Waals surface area contributed by atoms with Crippen LogP contribution in [0.4, 0.5) is 4.79 Å². The van der Waals surface area contributed by atoms with Crippen LogP contribution >= 0.6 is 0 Å². The van der Waals surface area contributed by atoms with Gasteiger partial charge in [0.25, 0.3) is 0 Å². The first-order chi connectivity index (χ1) is 12.1. The number of rotatable bonds is 4. The minimum atomic E-state index is -0.989. The number of ether oxygens (including phenoxy) is 1. The molecule has 132 valence electrons. The lowest BCUT2D eigenvalue weighted by Gasteiger charge is -2.32. The standard InChI is InChI=1S/C20H23NO3S/c1-25(23)19-10-6-5-9-18(19)17-11-13-21(14-12-17)20(22)24-15-16-7-3-2-4-8-16/h2-10,17H,11-15H2,1H3/t25-/m1/s1. The predicted molar refractivity (Wildman–Crippen MR) is 98.9 cm³/mol. The van der Waals surface area contributed by atoms with Gasteiger partial charge in [-0.15, -0.1) is 0 Å². The maximum absolute atomic E-state index is 12.2. The van der Waals surface area contributed by atoms with E-state index in [0.717, 1.165) is 28.9 Å². The van der Waals surface area contributed by atoms with Gasteiger partial charge in [0.15, 0.2) is 0 Å². The molecule has 0 radical (unpaired) electrons. The maximum Gasteiger partial charge on any atom is 0.410 e. The first kappa shape index (κ1) is 17.7. The van der Waals surface area contributed by atoms with Gasteiger partial charge in [0, 0.05) is 24.2 Å². The van der Waals surface area contributed by atoms with Gasteiger partial charge in [-0.2, -0.15) is 0 Å². The maximum atomic E-state index is 12.2. The van der Waals surface area contributed by atoms with E-state index >= 15 is 0 Å². The van der Waals surface area contributed by atoms with Gasteiger partial charge >= 0.3 is 6.09 Å². The van der Waals surface area contributed by atoms with Crippen molar-refractivity contribution in [1.29, 1.82) is 0 Å². The number of hydrogen-bond acceptors (Lipinski definition) is 3. The summed E-state index contributed by atoms with van der Waals surface area (Å²) >= 11 is 0. The van der Waals surface area contributed by atoms with Crippen LogP contribution in [0.1, 0.15) is 29.9 Å². The highest BCUT2D eigenvalue weighted by molar-refractivity contribution is 7.84. The van der Waals surface area contributed by atoms with Crippen LogP contribution < -0.4 is 0 Å². The summed E-state index contributed by atoms with van der Waals surface area (Å²) in [5.41, 5.74) is 2.14. The van der Waals surface area contributed by atoms with Gasteiger partial charge in [-0.25, -0.2) is 4.79 Å². The summed E-state index contributed by atoms with van der Waals surface area (Å²) in [6.45, 7) is 1.64. The second-order valence-corrected chi connectivity index (χ2v) is 7.64. The van der Waals surface area contributed by atoms with Crippen molar-refractivity contribution in [2.24, 2.45) is 0 Å². The number of amides is 1. The molecule has 1 amide bonds. The Morgan fingerprint density at radius 1 is 1.08 bits per heavy atom. The van der Waals surface area contributed by atoms with Crippen LogP contribution in [-0.4, -0.2) is 34.5 Å². The molecule has 1 atom stereocenters. The van der Waals surface area contributed by atoms with Crippen LogP contribution in [0.3, 0.4) is 0 Å². The van der Waals surface area contributed by atoms with Crippen molar-refractivity contribution in [2.45, 2.75) is 30.3 Å². The quantitative estimate of drug-likeness (QED) is 0.833. The zero-order valence-electron chi connectivity index (χ0n) is 14.4. The molecular weight excluding hydrogens is 334 g/mol. The summed E-state index contributed by atoms with van der Waals surface area (Å²) in [6, 6.07) is 17.6. The summed E-state index contributed by atoms with van der Waals surface area (Å²) in [4.78, 5) is 14.9.